The molecule has 0 saturated heterocycles. The summed E-state index contributed by atoms with van der Waals surface area (Å²) in [6, 6.07) is 26.0. The van der Waals surface area contributed by atoms with Crippen molar-refractivity contribution in [2.45, 2.75) is 77.5 Å². The maximum atomic E-state index is 14.0. The Morgan fingerprint density at radius 2 is 0.950 bits per heavy atom. The lowest BCUT2D eigenvalue weighted by Gasteiger charge is -2.31. The molecule has 4 atom stereocenters. The predicted octanol–water partition coefficient (Wildman–Crippen LogP) is 6.22. The van der Waals surface area contributed by atoms with Crippen LogP contribution in [-0.4, -0.2) is 85.0 Å². The predicted molar refractivity (Wildman–Crippen MR) is 221 cm³/mol. The average molecular weight is 819 g/mol. The fraction of sp³-hybridized carbons (Fsp3) is 0.348. The first-order chi connectivity index (χ1) is 28.8. The average Bonchev–Trinajstić information content (AvgIpc) is 3.74. The lowest BCUT2D eigenvalue weighted by atomic mass is 9.98. The van der Waals surface area contributed by atoms with Gasteiger partial charge in [-0.2, -0.15) is 5.06 Å². The monoisotopic (exact) mass is 818 g/mol. The summed E-state index contributed by atoms with van der Waals surface area (Å²) in [6.45, 7) is 9.01. The zero-order valence-electron chi connectivity index (χ0n) is 34.4. The standard InChI is InChI=1S/C46H50N4O10/c1-7-57-44(54)40(26(2)3)49-41(51)29(6)50(42(52)27(4)47-45(55)58-24-38-34-20-12-8-16-30(34)31-17-9-13-21-35(31)38)60-43(53)28(5)48-46(56)59-25-39-36-22-14-10-18-32(36)33-19-11-15-23-37(33)39/h8-23,26-29,38-40H,7,24-25H2,1-6H3,(H,47,55)(H,48,56)(H,49,51)/t27-,28-,29+,40-/m0/s1. The zero-order valence-corrected chi connectivity index (χ0v) is 34.4. The van der Waals surface area contributed by atoms with E-state index < -0.39 is 66.0 Å². The Kier molecular flexibility index (Phi) is 13.5. The molecule has 14 heteroatoms. The van der Waals surface area contributed by atoms with Gasteiger partial charge in [0.05, 0.1) is 6.61 Å². The smallest absolute Gasteiger partial charge is 0.407 e. The molecule has 0 saturated carbocycles. The molecule has 6 rings (SSSR count). The maximum absolute atomic E-state index is 14.0. The molecule has 0 aliphatic heterocycles. The molecule has 0 unspecified atom stereocenters. The van der Waals surface area contributed by atoms with E-state index in [2.05, 4.69) is 16.0 Å². The fourth-order valence-electron chi connectivity index (χ4n) is 7.55. The molecule has 0 spiro atoms. The molecule has 0 aromatic heterocycles. The number of hydrogen-bond donors (Lipinski definition) is 3. The summed E-state index contributed by atoms with van der Waals surface area (Å²) in [5.41, 5.74) is 8.18. The summed E-state index contributed by atoms with van der Waals surface area (Å²) in [4.78, 5) is 85.5. The van der Waals surface area contributed by atoms with Crippen LogP contribution in [0.25, 0.3) is 22.3 Å². The van der Waals surface area contributed by atoms with E-state index in [1.807, 2.05) is 97.1 Å². The van der Waals surface area contributed by atoms with Gasteiger partial charge in [-0.1, -0.05) is 111 Å². The highest BCUT2D eigenvalue weighted by atomic mass is 16.7. The number of alkyl carbamates (subject to hydrolysis) is 2. The normalized spacial score (nSPS) is 14.5. The Morgan fingerprint density at radius 1 is 0.550 bits per heavy atom. The molecule has 2 aliphatic rings. The number of hydroxylamine groups is 2. The van der Waals surface area contributed by atoms with E-state index in [-0.39, 0.29) is 31.7 Å². The largest absolute Gasteiger partial charge is 0.464 e. The van der Waals surface area contributed by atoms with Crippen molar-refractivity contribution in [3.8, 4) is 22.3 Å². The first kappa shape index (κ1) is 42.9. The summed E-state index contributed by atoms with van der Waals surface area (Å²) < 4.78 is 16.3. The number of benzene rings is 4. The highest BCUT2D eigenvalue weighted by Gasteiger charge is 2.38. The van der Waals surface area contributed by atoms with Gasteiger partial charge in [0.1, 0.15) is 37.4 Å². The van der Waals surface area contributed by atoms with E-state index in [0.717, 1.165) is 44.5 Å². The van der Waals surface area contributed by atoms with Crippen molar-refractivity contribution in [3.63, 3.8) is 0 Å². The highest BCUT2D eigenvalue weighted by molar-refractivity contribution is 5.93. The van der Waals surface area contributed by atoms with E-state index in [0.29, 0.717) is 5.06 Å². The molecule has 4 amide bonds. The van der Waals surface area contributed by atoms with Crippen LogP contribution in [0, 0.1) is 5.92 Å². The molecular weight excluding hydrogens is 769 g/mol. The zero-order chi connectivity index (χ0) is 43.1. The van der Waals surface area contributed by atoms with Crippen molar-refractivity contribution in [2.75, 3.05) is 19.8 Å². The van der Waals surface area contributed by atoms with Crippen molar-refractivity contribution in [2.24, 2.45) is 5.92 Å². The van der Waals surface area contributed by atoms with Crippen LogP contribution in [0.15, 0.2) is 97.1 Å². The first-order valence-electron chi connectivity index (χ1n) is 20.1. The van der Waals surface area contributed by atoms with E-state index in [4.69, 9.17) is 19.0 Å². The lowest BCUT2D eigenvalue weighted by molar-refractivity contribution is -0.209. The van der Waals surface area contributed by atoms with Gasteiger partial charge in [0.2, 0.25) is 5.91 Å². The van der Waals surface area contributed by atoms with Gasteiger partial charge in [-0.3, -0.25) is 9.59 Å². The number of nitrogens with zero attached hydrogens (tertiary/aromatic N) is 1. The molecule has 4 aromatic rings. The summed E-state index contributed by atoms with van der Waals surface area (Å²) >= 11 is 0. The molecule has 14 nitrogen and oxygen atoms in total. The third-order valence-electron chi connectivity index (χ3n) is 10.7. The Morgan fingerprint density at radius 3 is 1.35 bits per heavy atom. The second-order valence-corrected chi connectivity index (χ2v) is 15.1. The number of carbonyl (C=O) groups is 6. The number of hydrogen-bond acceptors (Lipinski definition) is 10. The fourth-order valence-corrected chi connectivity index (χ4v) is 7.55. The van der Waals surface area contributed by atoms with Crippen molar-refractivity contribution < 1.29 is 47.8 Å². The van der Waals surface area contributed by atoms with E-state index >= 15 is 0 Å². The first-order valence-corrected chi connectivity index (χ1v) is 20.1. The Balaban J connectivity index is 1.11. The van der Waals surface area contributed by atoms with Crippen LogP contribution in [0.5, 0.6) is 0 Å². The molecule has 60 heavy (non-hydrogen) atoms. The van der Waals surface area contributed by atoms with E-state index in [9.17, 15) is 28.8 Å². The SMILES string of the molecule is CCOC(=O)[C@@H](NC(=O)[C@@H](C)N(OC(=O)[C@H](C)NC(=O)OCC1c2ccccc2-c2ccccc21)C(=O)[C@H](C)NC(=O)OCC1c2ccccc2-c2ccccc21)C(C)C. The second kappa shape index (κ2) is 18.9. The number of ether oxygens (including phenoxy) is 3. The van der Waals surface area contributed by atoms with Crippen molar-refractivity contribution >= 4 is 35.9 Å². The molecule has 0 heterocycles. The molecular formula is C46H50N4O10. The van der Waals surface area contributed by atoms with Crippen molar-refractivity contribution in [3.05, 3.63) is 119 Å². The summed E-state index contributed by atoms with van der Waals surface area (Å²) in [7, 11) is 0. The Labute approximate surface area is 348 Å². The van der Waals surface area contributed by atoms with Crippen LogP contribution in [0.3, 0.4) is 0 Å². The molecule has 0 radical (unpaired) electrons. The number of esters is 1. The van der Waals surface area contributed by atoms with Crippen molar-refractivity contribution in [1.82, 2.24) is 21.0 Å². The molecule has 4 aromatic carbocycles. The third-order valence-corrected chi connectivity index (χ3v) is 10.7. The van der Waals surface area contributed by atoms with Gasteiger partial charge in [-0.05, 0) is 78.1 Å². The van der Waals surface area contributed by atoms with Gasteiger partial charge < -0.3 is 35.0 Å². The van der Waals surface area contributed by atoms with Crippen LogP contribution in [0.4, 0.5) is 9.59 Å². The Bertz CT molecular complexity index is 2170. The van der Waals surface area contributed by atoms with Gasteiger partial charge >= 0.3 is 24.1 Å². The summed E-state index contributed by atoms with van der Waals surface area (Å²) in [6.07, 6.45) is -1.84. The van der Waals surface area contributed by atoms with Gasteiger partial charge in [0.15, 0.2) is 0 Å². The van der Waals surface area contributed by atoms with Crippen LogP contribution >= 0.6 is 0 Å². The van der Waals surface area contributed by atoms with Gasteiger partial charge in [0, 0.05) is 11.8 Å². The number of nitrogens with one attached hydrogen (secondary N) is 3. The number of rotatable bonds is 14. The van der Waals surface area contributed by atoms with Gasteiger partial charge in [0.25, 0.3) is 5.91 Å². The molecule has 314 valence electrons. The molecule has 2 aliphatic carbocycles. The van der Waals surface area contributed by atoms with Crippen LogP contribution in [0.2, 0.25) is 0 Å². The molecule has 3 N–H and O–H groups in total. The minimum Gasteiger partial charge on any atom is -0.464 e. The lowest BCUT2D eigenvalue weighted by Crippen LogP contribution is -2.58. The molecule has 0 bridgehead atoms. The number of fused-ring (bicyclic) bond motifs is 6. The van der Waals surface area contributed by atoms with Gasteiger partial charge in [-0.25, -0.2) is 19.2 Å². The molecule has 0 fully saturated rings. The van der Waals surface area contributed by atoms with Crippen LogP contribution < -0.4 is 16.0 Å². The second-order valence-electron chi connectivity index (χ2n) is 15.1. The Hall–Kier alpha value is -6.70. The van der Waals surface area contributed by atoms with Crippen LogP contribution in [0.1, 0.15) is 75.6 Å². The summed E-state index contributed by atoms with van der Waals surface area (Å²) in [5, 5.41) is 7.99. The van der Waals surface area contributed by atoms with Crippen LogP contribution in [-0.2, 0) is 38.2 Å². The minimum atomic E-state index is -1.52. The van der Waals surface area contributed by atoms with Gasteiger partial charge in [-0.15, -0.1) is 0 Å². The highest BCUT2D eigenvalue weighted by Crippen LogP contribution is 2.45. The summed E-state index contributed by atoms with van der Waals surface area (Å²) in [5.74, 6) is -4.52. The number of carbonyl (C=O) groups excluding carboxylic acids is 6. The minimum absolute atomic E-state index is 0.0139. The maximum Gasteiger partial charge on any atom is 0.407 e. The van der Waals surface area contributed by atoms with E-state index in [1.165, 1.54) is 20.8 Å². The van der Waals surface area contributed by atoms with E-state index in [1.54, 1.807) is 20.8 Å². The topological polar surface area (TPSA) is 179 Å². The number of amides is 4. The van der Waals surface area contributed by atoms with Crippen molar-refractivity contribution in [1.29, 1.82) is 0 Å². The quantitative estimate of drug-likeness (QED) is 0.0752. The third kappa shape index (κ3) is 9.27.